The van der Waals surface area contributed by atoms with Gasteiger partial charge in [0, 0.05) is 19.3 Å². The second kappa shape index (κ2) is 7.42. The fourth-order valence-electron chi connectivity index (χ4n) is 1.91. The molecule has 1 amide bonds. The summed E-state index contributed by atoms with van der Waals surface area (Å²) in [5, 5.41) is 16.1. The molecule has 0 saturated carbocycles. The molecule has 0 atom stereocenters. The van der Waals surface area contributed by atoms with Crippen molar-refractivity contribution in [3.63, 3.8) is 0 Å². The van der Waals surface area contributed by atoms with Gasteiger partial charge in [-0.2, -0.15) is 4.98 Å². The summed E-state index contributed by atoms with van der Waals surface area (Å²) in [6, 6.07) is 6.64. The number of aryl methyl sites for hydroxylation is 2. The molecule has 0 radical (unpaired) electrons. The number of carbonyl (C=O) groups excluding carboxylic acids is 1. The molecular weight excluding hydrogens is 270 g/mol. The van der Waals surface area contributed by atoms with Crippen LogP contribution >= 0.6 is 0 Å². The molecule has 2 aromatic rings. The molecule has 1 heterocycles. The summed E-state index contributed by atoms with van der Waals surface area (Å²) in [5.74, 6) is 1.19. The molecule has 6 nitrogen and oxygen atoms in total. The number of nitrogens with one attached hydrogen (secondary N) is 1. The molecular formula is C15H19N3O3. The summed E-state index contributed by atoms with van der Waals surface area (Å²) in [5.41, 5.74) is 0.422. The highest BCUT2D eigenvalue weighted by atomic mass is 16.5. The van der Waals surface area contributed by atoms with Crippen molar-refractivity contribution in [2.24, 2.45) is 0 Å². The number of phenols is 1. The van der Waals surface area contributed by atoms with Gasteiger partial charge in [-0.3, -0.25) is 4.79 Å². The normalized spacial score (nSPS) is 10.5. The van der Waals surface area contributed by atoms with E-state index in [9.17, 15) is 9.90 Å². The minimum Gasteiger partial charge on any atom is -0.506 e. The van der Waals surface area contributed by atoms with Gasteiger partial charge in [-0.1, -0.05) is 24.2 Å². The number of hydrogen-bond acceptors (Lipinski definition) is 5. The lowest BCUT2D eigenvalue weighted by Crippen LogP contribution is -2.11. The van der Waals surface area contributed by atoms with Crippen molar-refractivity contribution in [3.05, 3.63) is 36.0 Å². The highest BCUT2D eigenvalue weighted by Gasteiger charge is 2.08. The third-order valence-electron chi connectivity index (χ3n) is 2.96. The third kappa shape index (κ3) is 4.59. The standard InChI is InChI=1S/C15H19N3O3/c1-2-6-13-17-15(21-18-13)10-5-9-14(20)16-11-7-3-4-8-12(11)19/h3-4,7-8,19H,2,5-6,9-10H2,1H3,(H,16,20). The van der Waals surface area contributed by atoms with E-state index in [-0.39, 0.29) is 11.7 Å². The van der Waals surface area contributed by atoms with E-state index in [2.05, 4.69) is 22.4 Å². The number of hydrogen-bond donors (Lipinski definition) is 2. The van der Waals surface area contributed by atoms with Gasteiger partial charge in [0.2, 0.25) is 11.8 Å². The molecule has 2 N–H and O–H groups in total. The summed E-state index contributed by atoms with van der Waals surface area (Å²) < 4.78 is 5.10. The summed E-state index contributed by atoms with van der Waals surface area (Å²) in [6.07, 6.45) is 3.30. The summed E-state index contributed by atoms with van der Waals surface area (Å²) in [4.78, 5) is 16.0. The van der Waals surface area contributed by atoms with E-state index in [1.165, 1.54) is 6.07 Å². The lowest BCUT2D eigenvalue weighted by molar-refractivity contribution is -0.116. The average Bonchev–Trinajstić information content (AvgIpc) is 2.89. The van der Waals surface area contributed by atoms with Crippen LogP contribution in [0.1, 0.15) is 37.9 Å². The van der Waals surface area contributed by atoms with Gasteiger partial charge in [-0.25, -0.2) is 0 Å². The molecule has 1 aromatic heterocycles. The Morgan fingerprint density at radius 2 is 2.14 bits per heavy atom. The van der Waals surface area contributed by atoms with Crippen LogP contribution in [-0.4, -0.2) is 21.2 Å². The van der Waals surface area contributed by atoms with Gasteiger partial charge in [0.1, 0.15) is 5.75 Å². The summed E-state index contributed by atoms with van der Waals surface area (Å²) in [6.45, 7) is 2.05. The predicted molar refractivity (Wildman–Crippen MR) is 78.0 cm³/mol. The Morgan fingerprint density at radius 1 is 1.33 bits per heavy atom. The molecule has 112 valence electrons. The Morgan fingerprint density at radius 3 is 2.90 bits per heavy atom. The zero-order chi connectivity index (χ0) is 15.1. The van der Waals surface area contributed by atoms with Crippen molar-refractivity contribution in [1.29, 1.82) is 0 Å². The molecule has 0 unspecified atom stereocenters. The molecule has 0 aliphatic carbocycles. The maximum atomic E-state index is 11.8. The quantitative estimate of drug-likeness (QED) is 0.765. The van der Waals surface area contributed by atoms with Crippen LogP contribution in [0.2, 0.25) is 0 Å². The largest absolute Gasteiger partial charge is 0.506 e. The van der Waals surface area contributed by atoms with Crippen molar-refractivity contribution in [2.45, 2.75) is 39.0 Å². The maximum Gasteiger partial charge on any atom is 0.226 e. The second-order valence-corrected chi connectivity index (χ2v) is 4.77. The molecule has 0 bridgehead atoms. The van der Waals surface area contributed by atoms with Gasteiger partial charge in [-0.15, -0.1) is 0 Å². The van der Waals surface area contributed by atoms with Gasteiger partial charge < -0.3 is 14.9 Å². The number of anilines is 1. The number of para-hydroxylation sites is 2. The van der Waals surface area contributed by atoms with Gasteiger partial charge in [0.15, 0.2) is 5.82 Å². The SMILES string of the molecule is CCCc1noc(CCCC(=O)Nc2ccccc2O)n1. The fraction of sp³-hybridized carbons (Fsp3) is 0.400. The predicted octanol–water partition coefficient (Wildman–Crippen LogP) is 2.69. The van der Waals surface area contributed by atoms with E-state index in [1.807, 2.05) is 0 Å². The highest BCUT2D eigenvalue weighted by molar-refractivity contribution is 5.92. The first-order chi connectivity index (χ1) is 10.2. The lowest BCUT2D eigenvalue weighted by Gasteiger charge is -2.06. The number of aromatic nitrogens is 2. The summed E-state index contributed by atoms with van der Waals surface area (Å²) in [7, 11) is 0. The van der Waals surface area contributed by atoms with Crippen LogP contribution < -0.4 is 5.32 Å². The highest BCUT2D eigenvalue weighted by Crippen LogP contribution is 2.21. The Kier molecular flexibility index (Phi) is 5.31. The zero-order valence-corrected chi connectivity index (χ0v) is 12.0. The number of benzene rings is 1. The van der Waals surface area contributed by atoms with Crippen molar-refractivity contribution >= 4 is 11.6 Å². The monoisotopic (exact) mass is 289 g/mol. The molecule has 0 aliphatic heterocycles. The average molecular weight is 289 g/mol. The van der Waals surface area contributed by atoms with E-state index in [0.29, 0.717) is 36.7 Å². The number of rotatable bonds is 7. The van der Waals surface area contributed by atoms with Crippen LogP contribution in [0, 0.1) is 0 Å². The molecule has 6 heteroatoms. The van der Waals surface area contributed by atoms with Crippen LogP contribution in [0.15, 0.2) is 28.8 Å². The first-order valence-electron chi connectivity index (χ1n) is 7.08. The molecule has 21 heavy (non-hydrogen) atoms. The Balaban J connectivity index is 1.75. The number of amides is 1. The van der Waals surface area contributed by atoms with Crippen LogP contribution in [0.3, 0.4) is 0 Å². The lowest BCUT2D eigenvalue weighted by atomic mass is 10.2. The number of nitrogens with zero attached hydrogens (tertiary/aromatic N) is 2. The Labute approximate surface area is 123 Å². The first kappa shape index (κ1) is 15.0. The smallest absolute Gasteiger partial charge is 0.226 e. The molecule has 2 rings (SSSR count). The van der Waals surface area contributed by atoms with Crippen molar-refractivity contribution < 1.29 is 14.4 Å². The summed E-state index contributed by atoms with van der Waals surface area (Å²) >= 11 is 0. The molecule has 0 saturated heterocycles. The molecule has 0 aliphatic rings. The zero-order valence-electron chi connectivity index (χ0n) is 12.0. The van der Waals surface area contributed by atoms with Crippen LogP contribution in [0.25, 0.3) is 0 Å². The maximum absolute atomic E-state index is 11.8. The van der Waals surface area contributed by atoms with Gasteiger partial charge >= 0.3 is 0 Å². The topological polar surface area (TPSA) is 88.2 Å². The Bertz CT molecular complexity index is 595. The van der Waals surface area contributed by atoms with E-state index in [0.717, 1.165) is 12.8 Å². The van der Waals surface area contributed by atoms with E-state index >= 15 is 0 Å². The van der Waals surface area contributed by atoms with Gasteiger partial charge in [0.05, 0.1) is 5.69 Å². The van der Waals surface area contributed by atoms with Crippen LogP contribution in [-0.2, 0) is 17.6 Å². The minimum atomic E-state index is -0.148. The molecule has 1 aromatic carbocycles. The number of phenolic OH excluding ortho intramolecular Hbond substituents is 1. The van der Waals surface area contributed by atoms with E-state index < -0.39 is 0 Å². The van der Waals surface area contributed by atoms with Crippen molar-refractivity contribution in [3.8, 4) is 5.75 Å². The number of aromatic hydroxyl groups is 1. The third-order valence-corrected chi connectivity index (χ3v) is 2.96. The molecule has 0 fully saturated rings. The van der Waals surface area contributed by atoms with Crippen molar-refractivity contribution in [2.75, 3.05) is 5.32 Å². The van der Waals surface area contributed by atoms with Gasteiger partial charge in [0.25, 0.3) is 0 Å². The first-order valence-corrected chi connectivity index (χ1v) is 7.08. The van der Waals surface area contributed by atoms with Crippen LogP contribution in [0.5, 0.6) is 5.75 Å². The van der Waals surface area contributed by atoms with Gasteiger partial charge in [-0.05, 0) is 25.0 Å². The van der Waals surface area contributed by atoms with E-state index in [1.54, 1.807) is 18.2 Å². The minimum absolute atomic E-state index is 0.0620. The van der Waals surface area contributed by atoms with Crippen molar-refractivity contribution in [1.82, 2.24) is 10.1 Å². The second-order valence-electron chi connectivity index (χ2n) is 4.77. The Hall–Kier alpha value is -2.37. The molecule has 0 spiro atoms. The number of carbonyl (C=O) groups is 1. The van der Waals surface area contributed by atoms with E-state index in [4.69, 9.17) is 4.52 Å². The fourth-order valence-corrected chi connectivity index (χ4v) is 1.91. The van der Waals surface area contributed by atoms with Crippen LogP contribution in [0.4, 0.5) is 5.69 Å².